The zero-order valence-electron chi connectivity index (χ0n) is 14.8. The minimum Gasteiger partial charge on any atom is -0.323 e. The number of piperidine rings is 1. The van der Waals surface area contributed by atoms with E-state index in [-0.39, 0.29) is 6.03 Å². The standard InChI is InChI=1S/C19H30N4O/c1-21(15-17-5-3-2-4-6-17)19(24)23-13-11-22(12-14-23)16-18-7-9-20-10-8-18/h2-6,18,20H,7-16H2,1H3. The number of carbonyl (C=O) groups excluding carboxylic acids is 1. The Morgan fingerprint density at radius 3 is 2.46 bits per heavy atom. The van der Waals surface area contributed by atoms with E-state index in [0.29, 0.717) is 6.54 Å². The summed E-state index contributed by atoms with van der Waals surface area (Å²) in [7, 11) is 1.90. The normalized spacial score (nSPS) is 20.1. The van der Waals surface area contributed by atoms with E-state index in [4.69, 9.17) is 0 Å². The van der Waals surface area contributed by atoms with Gasteiger partial charge >= 0.3 is 6.03 Å². The fourth-order valence-electron chi connectivity index (χ4n) is 3.72. The molecule has 0 atom stereocenters. The number of carbonyl (C=O) groups is 1. The van der Waals surface area contributed by atoms with E-state index in [1.807, 2.05) is 35.0 Å². The minimum absolute atomic E-state index is 0.153. The lowest BCUT2D eigenvalue weighted by molar-refractivity contribution is 0.104. The first-order chi connectivity index (χ1) is 11.7. The van der Waals surface area contributed by atoms with Gasteiger partial charge in [-0.15, -0.1) is 0 Å². The van der Waals surface area contributed by atoms with E-state index in [9.17, 15) is 4.79 Å². The number of piperazine rings is 1. The van der Waals surface area contributed by atoms with Crippen molar-refractivity contribution in [2.75, 3.05) is 52.9 Å². The summed E-state index contributed by atoms with van der Waals surface area (Å²) >= 11 is 0. The number of hydrogen-bond acceptors (Lipinski definition) is 3. The second-order valence-corrected chi connectivity index (χ2v) is 7.11. The van der Waals surface area contributed by atoms with Crippen LogP contribution in [0.4, 0.5) is 4.79 Å². The van der Waals surface area contributed by atoms with Gasteiger partial charge in [0.05, 0.1) is 0 Å². The Labute approximate surface area is 145 Å². The third-order valence-electron chi connectivity index (χ3n) is 5.21. The number of nitrogens with zero attached hydrogens (tertiary/aromatic N) is 3. The fraction of sp³-hybridized carbons (Fsp3) is 0.632. The molecule has 0 aliphatic carbocycles. The predicted molar refractivity (Wildman–Crippen MR) is 96.9 cm³/mol. The van der Waals surface area contributed by atoms with Crippen molar-refractivity contribution in [1.82, 2.24) is 20.0 Å². The van der Waals surface area contributed by atoms with Crippen molar-refractivity contribution >= 4 is 6.03 Å². The van der Waals surface area contributed by atoms with E-state index in [0.717, 1.165) is 45.2 Å². The zero-order chi connectivity index (χ0) is 16.8. The molecule has 132 valence electrons. The highest BCUT2D eigenvalue weighted by Gasteiger charge is 2.25. The zero-order valence-corrected chi connectivity index (χ0v) is 14.8. The maximum Gasteiger partial charge on any atom is 0.320 e. The molecule has 2 aliphatic heterocycles. The van der Waals surface area contributed by atoms with E-state index < -0.39 is 0 Å². The van der Waals surface area contributed by atoms with Crippen LogP contribution in [0.25, 0.3) is 0 Å². The van der Waals surface area contributed by atoms with Gasteiger partial charge in [-0.3, -0.25) is 4.90 Å². The first kappa shape index (κ1) is 17.2. The third kappa shape index (κ3) is 4.71. The Kier molecular flexibility index (Phi) is 6.10. The highest BCUT2D eigenvalue weighted by atomic mass is 16.2. The number of hydrogen-bond donors (Lipinski definition) is 1. The first-order valence-electron chi connectivity index (χ1n) is 9.19. The summed E-state index contributed by atoms with van der Waals surface area (Å²) in [6, 6.07) is 10.3. The number of amides is 2. The Balaban J connectivity index is 1.42. The summed E-state index contributed by atoms with van der Waals surface area (Å²) in [5, 5.41) is 3.43. The van der Waals surface area contributed by atoms with E-state index in [2.05, 4.69) is 22.3 Å². The molecule has 2 aliphatic rings. The van der Waals surface area contributed by atoms with Crippen LogP contribution in [0.1, 0.15) is 18.4 Å². The van der Waals surface area contributed by atoms with Gasteiger partial charge in [0, 0.05) is 46.3 Å². The molecule has 2 amide bonds. The number of urea groups is 1. The van der Waals surface area contributed by atoms with Gasteiger partial charge in [0.1, 0.15) is 0 Å². The molecule has 5 nitrogen and oxygen atoms in total. The van der Waals surface area contributed by atoms with Crippen molar-refractivity contribution in [3.05, 3.63) is 35.9 Å². The molecule has 0 unspecified atom stereocenters. The summed E-state index contributed by atoms with van der Waals surface area (Å²) in [5.74, 6) is 0.828. The average Bonchev–Trinajstić information content (AvgIpc) is 2.63. The Morgan fingerprint density at radius 1 is 1.12 bits per heavy atom. The topological polar surface area (TPSA) is 38.8 Å². The van der Waals surface area contributed by atoms with Gasteiger partial charge in [-0.05, 0) is 37.4 Å². The maximum atomic E-state index is 12.6. The lowest BCUT2D eigenvalue weighted by atomic mass is 9.97. The first-order valence-corrected chi connectivity index (χ1v) is 9.19. The van der Waals surface area contributed by atoms with Gasteiger partial charge in [-0.1, -0.05) is 30.3 Å². The molecule has 0 aromatic heterocycles. The summed E-state index contributed by atoms with van der Waals surface area (Å²) in [6.45, 7) is 7.91. The molecule has 3 rings (SSSR count). The molecular weight excluding hydrogens is 300 g/mol. The molecule has 0 spiro atoms. The molecule has 2 saturated heterocycles. The van der Waals surface area contributed by atoms with Crippen LogP contribution in [0, 0.1) is 5.92 Å². The van der Waals surface area contributed by atoms with Crippen LogP contribution in [0.5, 0.6) is 0 Å². The van der Waals surface area contributed by atoms with Gasteiger partial charge in [0.15, 0.2) is 0 Å². The summed E-state index contributed by atoms with van der Waals surface area (Å²) in [5.41, 5.74) is 1.18. The monoisotopic (exact) mass is 330 g/mol. The van der Waals surface area contributed by atoms with E-state index in [1.165, 1.54) is 24.9 Å². The van der Waals surface area contributed by atoms with Crippen LogP contribution in [-0.4, -0.2) is 73.6 Å². The predicted octanol–water partition coefficient (Wildman–Crippen LogP) is 1.86. The molecule has 0 saturated carbocycles. The van der Waals surface area contributed by atoms with E-state index >= 15 is 0 Å². The van der Waals surface area contributed by atoms with Crippen molar-refractivity contribution in [1.29, 1.82) is 0 Å². The quantitative estimate of drug-likeness (QED) is 0.916. The molecular formula is C19H30N4O. The SMILES string of the molecule is CN(Cc1ccccc1)C(=O)N1CCN(CC2CCNCC2)CC1. The molecule has 0 bridgehead atoms. The number of rotatable bonds is 4. The minimum atomic E-state index is 0.153. The maximum absolute atomic E-state index is 12.6. The number of benzene rings is 1. The van der Waals surface area contributed by atoms with Crippen molar-refractivity contribution < 1.29 is 4.79 Å². The molecule has 2 heterocycles. The molecule has 1 N–H and O–H groups in total. The smallest absolute Gasteiger partial charge is 0.320 e. The van der Waals surface area contributed by atoms with Crippen LogP contribution in [0.15, 0.2) is 30.3 Å². The van der Waals surface area contributed by atoms with Crippen molar-refractivity contribution in [2.45, 2.75) is 19.4 Å². The van der Waals surface area contributed by atoms with Crippen molar-refractivity contribution in [3.63, 3.8) is 0 Å². The van der Waals surface area contributed by atoms with Gasteiger partial charge < -0.3 is 15.1 Å². The average molecular weight is 330 g/mol. The second-order valence-electron chi connectivity index (χ2n) is 7.11. The molecule has 0 radical (unpaired) electrons. The summed E-state index contributed by atoms with van der Waals surface area (Å²) in [4.78, 5) is 19.0. The van der Waals surface area contributed by atoms with Crippen molar-refractivity contribution in [3.8, 4) is 0 Å². The number of nitrogens with one attached hydrogen (secondary N) is 1. The Bertz CT molecular complexity index is 507. The van der Waals surface area contributed by atoms with Crippen LogP contribution in [-0.2, 0) is 6.54 Å². The molecule has 1 aromatic rings. The Morgan fingerprint density at radius 2 is 1.79 bits per heavy atom. The third-order valence-corrected chi connectivity index (χ3v) is 5.21. The van der Waals surface area contributed by atoms with E-state index in [1.54, 1.807) is 0 Å². The molecule has 24 heavy (non-hydrogen) atoms. The van der Waals surface area contributed by atoms with Gasteiger partial charge in [0.2, 0.25) is 0 Å². The molecule has 5 heteroatoms. The van der Waals surface area contributed by atoms with Crippen LogP contribution in [0.3, 0.4) is 0 Å². The highest BCUT2D eigenvalue weighted by Crippen LogP contribution is 2.15. The molecule has 2 fully saturated rings. The lowest BCUT2D eigenvalue weighted by Gasteiger charge is -2.38. The largest absolute Gasteiger partial charge is 0.323 e. The lowest BCUT2D eigenvalue weighted by Crippen LogP contribution is -2.53. The highest BCUT2D eigenvalue weighted by molar-refractivity contribution is 5.74. The molecule has 1 aromatic carbocycles. The summed E-state index contributed by atoms with van der Waals surface area (Å²) < 4.78 is 0. The van der Waals surface area contributed by atoms with Crippen molar-refractivity contribution in [2.24, 2.45) is 5.92 Å². The fourth-order valence-corrected chi connectivity index (χ4v) is 3.72. The van der Waals surface area contributed by atoms with Crippen LogP contribution in [0.2, 0.25) is 0 Å². The Hall–Kier alpha value is -1.59. The van der Waals surface area contributed by atoms with Gasteiger partial charge in [-0.2, -0.15) is 0 Å². The van der Waals surface area contributed by atoms with Crippen LogP contribution >= 0.6 is 0 Å². The second kappa shape index (κ2) is 8.49. The van der Waals surface area contributed by atoms with Gasteiger partial charge in [-0.25, -0.2) is 4.79 Å². The van der Waals surface area contributed by atoms with Crippen LogP contribution < -0.4 is 5.32 Å². The summed E-state index contributed by atoms with van der Waals surface area (Å²) in [6.07, 6.45) is 2.58. The van der Waals surface area contributed by atoms with Gasteiger partial charge in [0.25, 0.3) is 0 Å².